The second-order valence-electron chi connectivity index (χ2n) is 7.82. The molecule has 1 amide bonds. The zero-order valence-corrected chi connectivity index (χ0v) is 17.7. The summed E-state index contributed by atoms with van der Waals surface area (Å²) in [6, 6.07) is 2.23. The molecule has 3 heterocycles. The van der Waals surface area contributed by atoms with E-state index < -0.39 is 0 Å². The fourth-order valence-corrected chi connectivity index (χ4v) is 7.22. The predicted molar refractivity (Wildman–Crippen MR) is 114 cm³/mol. The van der Waals surface area contributed by atoms with Gasteiger partial charge in [-0.15, -0.1) is 5.10 Å². The lowest BCUT2D eigenvalue weighted by Crippen LogP contribution is -2.49. The minimum absolute atomic E-state index is 0.333. The molecule has 1 atom stereocenters. The van der Waals surface area contributed by atoms with Crippen molar-refractivity contribution in [3.63, 3.8) is 0 Å². The third kappa shape index (κ3) is 5.11. The van der Waals surface area contributed by atoms with Crippen LogP contribution in [0.5, 0.6) is 0 Å². The average Bonchev–Trinajstić information content (AvgIpc) is 3.24. The molecular weight excluding hydrogens is 376 g/mol. The largest absolute Gasteiger partial charge is 0.352 e. The Morgan fingerprint density at radius 1 is 1.11 bits per heavy atom. The number of carbonyl (C=O) groups excluding carboxylic acids is 1. The first-order valence-electron chi connectivity index (χ1n) is 10.5. The second kappa shape index (κ2) is 9.50. The maximum Gasteiger partial charge on any atom is 0.222 e. The minimum Gasteiger partial charge on any atom is -0.352 e. The van der Waals surface area contributed by atoms with Crippen molar-refractivity contribution in [1.29, 1.82) is 0 Å². The van der Waals surface area contributed by atoms with Crippen LogP contribution in [0.3, 0.4) is 0 Å². The standard InChI is InChI=1S/C20H30N4OS2/c25-20(8-4-2-6-17-9-14-26-27-17)24-12-10-23(11-13-24)19-15-16-5-1-3-7-18(16)21-22-19/h15,17H,1-14H2/t17-/m0/s1. The molecule has 0 unspecified atom stereocenters. The highest BCUT2D eigenvalue weighted by Crippen LogP contribution is 2.39. The highest BCUT2D eigenvalue weighted by Gasteiger charge is 2.23. The van der Waals surface area contributed by atoms with Gasteiger partial charge in [0.1, 0.15) is 0 Å². The Hall–Kier alpha value is -0.950. The van der Waals surface area contributed by atoms with Gasteiger partial charge in [0.05, 0.1) is 5.69 Å². The number of anilines is 1. The first kappa shape index (κ1) is 19.4. The van der Waals surface area contributed by atoms with E-state index in [0.717, 1.165) is 56.5 Å². The van der Waals surface area contributed by atoms with Crippen molar-refractivity contribution < 1.29 is 4.79 Å². The monoisotopic (exact) mass is 406 g/mol. The van der Waals surface area contributed by atoms with Gasteiger partial charge in [0, 0.05) is 43.6 Å². The fraction of sp³-hybridized carbons (Fsp3) is 0.750. The molecule has 27 heavy (non-hydrogen) atoms. The molecule has 0 bridgehead atoms. The number of piperazine rings is 1. The third-order valence-corrected chi connectivity index (χ3v) is 8.91. The van der Waals surface area contributed by atoms with Gasteiger partial charge in [-0.25, -0.2) is 0 Å². The Balaban J connectivity index is 1.19. The lowest BCUT2D eigenvalue weighted by atomic mass is 9.97. The van der Waals surface area contributed by atoms with Crippen LogP contribution in [0.25, 0.3) is 0 Å². The molecule has 7 heteroatoms. The van der Waals surface area contributed by atoms with Crippen LogP contribution >= 0.6 is 21.6 Å². The number of amides is 1. The van der Waals surface area contributed by atoms with Gasteiger partial charge >= 0.3 is 0 Å². The van der Waals surface area contributed by atoms with Crippen molar-refractivity contribution >= 4 is 33.3 Å². The molecule has 2 aliphatic heterocycles. The van der Waals surface area contributed by atoms with Crippen molar-refractivity contribution in [1.82, 2.24) is 15.1 Å². The molecule has 0 aromatic carbocycles. The second-order valence-corrected chi connectivity index (χ2v) is 10.6. The van der Waals surface area contributed by atoms with Crippen LogP contribution in [0, 0.1) is 0 Å². The highest BCUT2D eigenvalue weighted by atomic mass is 33.1. The molecule has 3 aliphatic rings. The quantitative estimate of drug-likeness (QED) is 0.530. The van der Waals surface area contributed by atoms with Crippen molar-refractivity contribution in [2.45, 2.75) is 63.0 Å². The predicted octanol–water partition coefficient (Wildman–Crippen LogP) is 3.72. The van der Waals surface area contributed by atoms with Crippen molar-refractivity contribution in [2.75, 3.05) is 36.8 Å². The molecule has 0 radical (unpaired) electrons. The van der Waals surface area contributed by atoms with Gasteiger partial charge in [0.2, 0.25) is 5.91 Å². The molecule has 1 aromatic rings. The summed E-state index contributed by atoms with van der Waals surface area (Å²) in [5.74, 6) is 2.63. The summed E-state index contributed by atoms with van der Waals surface area (Å²) in [4.78, 5) is 16.8. The van der Waals surface area contributed by atoms with E-state index in [1.165, 1.54) is 49.1 Å². The van der Waals surface area contributed by atoms with Crippen LogP contribution in [0.15, 0.2) is 6.07 Å². The van der Waals surface area contributed by atoms with Crippen LogP contribution < -0.4 is 4.90 Å². The third-order valence-electron chi connectivity index (χ3n) is 5.91. The van der Waals surface area contributed by atoms with Crippen molar-refractivity contribution in [3.05, 3.63) is 17.3 Å². The Morgan fingerprint density at radius 3 is 2.78 bits per heavy atom. The Morgan fingerprint density at radius 2 is 1.96 bits per heavy atom. The number of carbonyl (C=O) groups is 1. The normalized spacial score (nSPS) is 22.7. The van der Waals surface area contributed by atoms with Crippen LogP contribution in [0.4, 0.5) is 5.82 Å². The molecule has 1 aliphatic carbocycles. The Bertz CT molecular complexity index is 643. The SMILES string of the molecule is O=C(CCCC[C@H]1CCSS1)N1CCN(c2cc3c(nn2)CCCC3)CC1. The smallest absolute Gasteiger partial charge is 0.222 e. The molecule has 4 rings (SSSR count). The first-order valence-corrected chi connectivity index (χ1v) is 12.8. The minimum atomic E-state index is 0.333. The number of aryl methyl sites for hydroxylation is 2. The average molecular weight is 407 g/mol. The van der Waals surface area contributed by atoms with Crippen LogP contribution in [-0.2, 0) is 17.6 Å². The number of hydrogen-bond acceptors (Lipinski definition) is 6. The Labute approximate surface area is 170 Å². The number of rotatable bonds is 6. The van der Waals surface area contributed by atoms with Gasteiger partial charge in [0.25, 0.3) is 0 Å². The van der Waals surface area contributed by atoms with Gasteiger partial charge in [-0.2, -0.15) is 5.10 Å². The maximum absolute atomic E-state index is 12.5. The molecule has 1 aromatic heterocycles. The molecular formula is C20H30N4OS2. The summed E-state index contributed by atoms with van der Waals surface area (Å²) < 4.78 is 0. The molecule has 0 spiro atoms. The summed E-state index contributed by atoms with van der Waals surface area (Å²) in [5.41, 5.74) is 2.57. The molecule has 0 N–H and O–H groups in total. The van der Waals surface area contributed by atoms with Gasteiger partial charge < -0.3 is 9.80 Å². The van der Waals surface area contributed by atoms with E-state index in [2.05, 4.69) is 21.2 Å². The van der Waals surface area contributed by atoms with Crippen molar-refractivity contribution in [3.8, 4) is 0 Å². The lowest BCUT2D eigenvalue weighted by molar-refractivity contribution is -0.131. The fourth-order valence-electron chi connectivity index (χ4n) is 4.19. The maximum atomic E-state index is 12.5. The Kier molecular flexibility index (Phi) is 6.82. The van der Waals surface area contributed by atoms with Crippen LogP contribution in [0.1, 0.15) is 56.2 Å². The molecule has 5 nitrogen and oxygen atoms in total. The number of fused-ring (bicyclic) bond motifs is 1. The number of nitrogens with zero attached hydrogens (tertiary/aromatic N) is 4. The van der Waals surface area contributed by atoms with E-state index in [4.69, 9.17) is 0 Å². The van der Waals surface area contributed by atoms with Gasteiger partial charge in [-0.1, -0.05) is 28.0 Å². The molecule has 0 saturated carbocycles. The van der Waals surface area contributed by atoms with E-state index in [9.17, 15) is 4.79 Å². The molecule has 2 saturated heterocycles. The van der Waals surface area contributed by atoms with Gasteiger partial charge in [0.15, 0.2) is 5.82 Å². The van der Waals surface area contributed by atoms with E-state index >= 15 is 0 Å². The lowest BCUT2D eigenvalue weighted by Gasteiger charge is -2.35. The van der Waals surface area contributed by atoms with Crippen molar-refractivity contribution in [2.24, 2.45) is 0 Å². The summed E-state index contributed by atoms with van der Waals surface area (Å²) in [6.45, 7) is 3.36. The van der Waals surface area contributed by atoms with E-state index in [1.807, 2.05) is 26.5 Å². The summed E-state index contributed by atoms with van der Waals surface area (Å²) >= 11 is 0. The first-order chi connectivity index (χ1) is 13.3. The van der Waals surface area contributed by atoms with E-state index in [0.29, 0.717) is 12.3 Å². The van der Waals surface area contributed by atoms with E-state index in [1.54, 1.807) is 0 Å². The summed E-state index contributed by atoms with van der Waals surface area (Å²) in [7, 11) is 4.04. The topological polar surface area (TPSA) is 49.3 Å². The summed E-state index contributed by atoms with van der Waals surface area (Å²) in [6.07, 6.45) is 10.3. The molecule has 2 fully saturated rings. The zero-order valence-electron chi connectivity index (χ0n) is 16.1. The highest BCUT2D eigenvalue weighted by molar-refractivity contribution is 8.77. The van der Waals surface area contributed by atoms with E-state index in [-0.39, 0.29) is 0 Å². The van der Waals surface area contributed by atoms with Crippen LogP contribution in [0.2, 0.25) is 0 Å². The molecule has 148 valence electrons. The summed E-state index contributed by atoms with van der Waals surface area (Å²) in [5, 5.41) is 9.73. The van der Waals surface area contributed by atoms with Gasteiger partial charge in [-0.05, 0) is 56.6 Å². The zero-order chi connectivity index (χ0) is 18.5. The van der Waals surface area contributed by atoms with Gasteiger partial charge in [-0.3, -0.25) is 4.79 Å². The van der Waals surface area contributed by atoms with Crippen LogP contribution in [-0.4, -0.2) is 58.2 Å². The number of hydrogen-bond donors (Lipinski definition) is 0. The number of unbranched alkanes of at least 4 members (excludes halogenated alkanes) is 1. The number of aromatic nitrogens is 2.